The number of amides is 1. The third kappa shape index (κ3) is 2.82. The lowest BCUT2D eigenvalue weighted by Crippen LogP contribution is -2.27. The van der Waals surface area contributed by atoms with E-state index in [2.05, 4.69) is 10.3 Å². The Bertz CT molecular complexity index is 569. The summed E-state index contributed by atoms with van der Waals surface area (Å²) in [6.45, 7) is 7.60. The molecule has 1 amide bonds. The van der Waals surface area contributed by atoms with Gasteiger partial charge in [-0.1, -0.05) is 20.8 Å². The van der Waals surface area contributed by atoms with Gasteiger partial charge < -0.3 is 9.72 Å². The molecule has 0 aliphatic heterocycles. The summed E-state index contributed by atoms with van der Waals surface area (Å²) in [6, 6.07) is 3.76. The molecule has 2 aromatic heterocycles. The molecule has 18 heavy (non-hydrogen) atoms. The number of carbonyl (C=O) groups is 1. The van der Waals surface area contributed by atoms with Crippen molar-refractivity contribution in [2.24, 2.45) is 5.41 Å². The number of aromatic nitrogens is 2. The molecule has 2 rings (SSSR count). The monoisotopic (exact) mass is 267 g/mol. The number of nitrogens with zero attached hydrogens (tertiary/aromatic N) is 2. The van der Waals surface area contributed by atoms with Gasteiger partial charge in [0.25, 0.3) is 0 Å². The van der Waals surface area contributed by atoms with E-state index in [9.17, 15) is 4.79 Å². The Morgan fingerprint density at radius 1 is 1.39 bits per heavy atom. The number of hydrogen-bond donors (Lipinski definition) is 1. The van der Waals surface area contributed by atoms with Gasteiger partial charge in [0.15, 0.2) is 5.65 Å². The molecule has 98 valence electrons. The Balaban J connectivity index is 0.00000162. The molecule has 0 bridgehead atoms. The van der Waals surface area contributed by atoms with Crippen LogP contribution in [-0.2, 0) is 4.79 Å². The Kier molecular flexibility index (Phi) is 4.02. The molecule has 2 heterocycles. The van der Waals surface area contributed by atoms with Crippen LogP contribution in [0.5, 0.6) is 0 Å². The van der Waals surface area contributed by atoms with Gasteiger partial charge in [-0.3, -0.25) is 4.79 Å². The highest BCUT2D eigenvalue weighted by atomic mass is 35.5. The third-order valence-corrected chi connectivity index (χ3v) is 2.53. The molecule has 2 aromatic rings. The van der Waals surface area contributed by atoms with Crippen molar-refractivity contribution in [3.8, 4) is 0 Å². The topological polar surface area (TPSA) is 46.4 Å². The second-order valence-corrected chi connectivity index (χ2v) is 5.24. The number of halogens is 1. The predicted octanol–water partition coefficient (Wildman–Crippen LogP) is 3.05. The quantitative estimate of drug-likeness (QED) is 0.863. The SMILES string of the molecule is Cc1cn2cccc(NC(=O)C(C)(C)C)c2n1.Cl. The molecule has 0 fully saturated rings. The van der Waals surface area contributed by atoms with E-state index < -0.39 is 5.41 Å². The molecule has 0 radical (unpaired) electrons. The van der Waals surface area contributed by atoms with Gasteiger partial charge in [0.1, 0.15) is 0 Å². The molecule has 5 heteroatoms. The zero-order chi connectivity index (χ0) is 12.6. The maximum Gasteiger partial charge on any atom is 0.229 e. The summed E-state index contributed by atoms with van der Waals surface area (Å²) in [7, 11) is 0. The van der Waals surface area contributed by atoms with Crippen molar-refractivity contribution < 1.29 is 4.79 Å². The van der Waals surface area contributed by atoms with Crippen molar-refractivity contribution in [2.45, 2.75) is 27.7 Å². The minimum absolute atomic E-state index is 0. The minimum Gasteiger partial charge on any atom is -0.322 e. The molecule has 1 N–H and O–H groups in total. The first-order valence-corrected chi connectivity index (χ1v) is 5.64. The predicted molar refractivity (Wildman–Crippen MR) is 75.3 cm³/mol. The van der Waals surface area contributed by atoms with Crippen LogP contribution in [0.25, 0.3) is 5.65 Å². The third-order valence-electron chi connectivity index (χ3n) is 2.53. The van der Waals surface area contributed by atoms with Crippen LogP contribution in [0.2, 0.25) is 0 Å². The molecule has 0 atom stereocenters. The summed E-state index contributed by atoms with van der Waals surface area (Å²) in [5.74, 6) is -0.00810. The number of rotatable bonds is 1. The Morgan fingerprint density at radius 2 is 2.06 bits per heavy atom. The minimum atomic E-state index is -0.408. The second kappa shape index (κ2) is 4.98. The smallest absolute Gasteiger partial charge is 0.229 e. The van der Waals surface area contributed by atoms with Crippen LogP contribution in [0, 0.1) is 12.3 Å². The molecule has 4 nitrogen and oxygen atoms in total. The Morgan fingerprint density at radius 3 is 2.67 bits per heavy atom. The van der Waals surface area contributed by atoms with E-state index in [0.29, 0.717) is 0 Å². The molecule has 0 spiro atoms. The van der Waals surface area contributed by atoms with Crippen LogP contribution in [0.1, 0.15) is 26.5 Å². The first kappa shape index (κ1) is 14.5. The lowest BCUT2D eigenvalue weighted by atomic mass is 9.95. The maximum atomic E-state index is 11.9. The van der Waals surface area contributed by atoms with Crippen molar-refractivity contribution >= 4 is 29.6 Å². The van der Waals surface area contributed by atoms with Crippen LogP contribution in [-0.4, -0.2) is 15.3 Å². The van der Waals surface area contributed by atoms with Gasteiger partial charge in [0, 0.05) is 17.8 Å². The van der Waals surface area contributed by atoms with E-state index in [4.69, 9.17) is 0 Å². The number of pyridine rings is 1. The highest BCUT2D eigenvalue weighted by Crippen LogP contribution is 2.20. The van der Waals surface area contributed by atoms with Crippen LogP contribution >= 0.6 is 12.4 Å². The molecule has 0 unspecified atom stereocenters. The first-order chi connectivity index (χ1) is 7.88. The second-order valence-electron chi connectivity index (χ2n) is 5.24. The summed E-state index contributed by atoms with van der Waals surface area (Å²) >= 11 is 0. The normalized spacial score (nSPS) is 11.1. The van der Waals surface area contributed by atoms with Crippen molar-refractivity contribution in [3.63, 3.8) is 0 Å². The molecule has 0 saturated heterocycles. The molecular weight excluding hydrogens is 250 g/mol. The number of fused-ring (bicyclic) bond motifs is 1. The van der Waals surface area contributed by atoms with Crippen molar-refractivity contribution in [1.82, 2.24) is 9.38 Å². The fourth-order valence-corrected chi connectivity index (χ4v) is 1.54. The number of aryl methyl sites for hydroxylation is 1. The molecule has 0 aliphatic carbocycles. The zero-order valence-electron chi connectivity index (χ0n) is 11.0. The van der Waals surface area contributed by atoms with Crippen molar-refractivity contribution in [2.75, 3.05) is 5.32 Å². The van der Waals surface area contributed by atoms with Gasteiger partial charge in [-0.2, -0.15) is 0 Å². The van der Waals surface area contributed by atoms with Gasteiger partial charge in [-0.05, 0) is 19.1 Å². The van der Waals surface area contributed by atoms with Crippen molar-refractivity contribution in [3.05, 3.63) is 30.2 Å². The molecule has 0 aromatic carbocycles. The fraction of sp³-hybridized carbons (Fsp3) is 0.385. The maximum absolute atomic E-state index is 11.9. The van der Waals surface area contributed by atoms with Gasteiger partial charge >= 0.3 is 0 Å². The van der Waals surface area contributed by atoms with Crippen LogP contribution in [0.4, 0.5) is 5.69 Å². The summed E-state index contributed by atoms with van der Waals surface area (Å²) in [5.41, 5.74) is 2.06. The van der Waals surface area contributed by atoms with Gasteiger partial charge in [-0.15, -0.1) is 12.4 Å². The number of nitrogens with one attached hydrogen (secondary N) is 1. The van der Waals surface area contributed by atoms with Gasteiger partial charge in [-0.25, -0.2) is 4.98 Å². The lowest BCUT2D eigenvalue weighted by molar-refractivity contribution is -0.123. The zero-order valence-corrected chi connectivity index (χ0v) is 11.8. The van der Waals surface area contributed by atoms with Crippen LogP contribution < -0.4 is 5.32 Å². The Hall–Kier alpha value is -1.55. The molecule has 0 aliphatic rings. The summed E-state index contributed by atoms with van der Waals surface area (Å²) in [6.07, 6.45) is 3.85. The molecule has 0 saturated carbocycles. The number of carbonyl (C=O) groups excluding carboxylic acids is 1. The largest absolute Gasteiger partial charge is 0.322 e. The fourth-order valence-electron chi connectivity index (χ4n) is 1.54. The van der Waals surface area contributed by atoms with Crippen molar-refractivity contribution in [1.29, 1.82) is 0 Å². The standard InChI is InChI=1S/C13H17N3O.ClH/c1-9-8-16-7-5-6-10(11(16)14-9)15-12(17)13(2,3)4;/h5-8H,1-4H3,(H,15,17);1H. The number of imidazole rings is 1. The van der Waals surface area contributed by atoms with E-state index in [1.165, 1.54) is 0 Å². The van der Waals surface area contributed by atoms with E-state index in [1.54, 1.807) is 0 Å². The van der Waals surface area contributed by atoms with Crippen LogP contribution in [0.3, 0.4) is 0 Å². The summed E-state index contributed by atoms with van der Waals surface area (Å²) in [4.78, 5) is 16.3. The highest BCUT2D eigenvalue weighted by molar-refractivity contribution is 5.97. The lowest BCUT2D eigenvalue weighted by Gasteiger charge is -2.17. The first-order valence-electron chi connectivity index (χ1n) is 5.64. The number of anilines is 1. The van der Waals surface area contributed by atoms with E-state index in [-0.39, 0.29) is 18.3 Å². The van der Waals surface area contributed by atoms with E-state index in [0.717, 1.165) is 17.0 Å². The van der Waals surface area contributed by atoms with Crippen LogP contribution in [0.15, 0.2) is 24.5 Å². The van der Waals surface area contributed by atoms with Gasteiger partial charge in [0.05, 0.1) is 11.4 Å². The summed E-state index contributed by atoms with van der Waals surface area (Å²) in [5, 5.41) is 2.92. The average Bonchev–Trinajstić information content (AvgIpc) is 2.58. The van der Waals surface area contributed by atoms with E-state index in [1.807, 2.05) is 56.6 Å². The average molecular weight is 268 g/mol. The summed E-state index contributed by atoms with van der Waals surface area (Å²) < 4.78 is 1.91. The van der Waals surface area contributed by atoms with Gasteiger partial charge in [0.2, 0.25) is 5.91 Å². The van der Waals surface area contributed by atoms with E-state index >= 15 is 0 Å². The Labute approximate surface area is 113 Å². The highest BCUT2D eigenvalue weighted by Gasteiger charge is 2.22. The number of hydrogen-bond acceptors (Lipinski definition) is 2. The molecular formula is C13H18ClN3O.